The largest absolute Gasteiger partial charge is 0.495 e. The average molecular weight is 519 g/mol. The Kier molecular flexibility index (Phi) is 8.69. The molecule has 1 heterocycles. The molecule has 2 rings (SSSR count). The molecule has 0 spiro atoms. The van der Waals surface area contributed by atoms with Gasteiger partial charge in [0.05, 0.1) is 30.2 Å². The van der Waals surface area contributed by atoms with Crippen molar-refractivity contribution in [1.82, 2.24) is 10.3 Å². The molecule has 2 atom stereocenters. The summed E-state index contributed by atoms with van der Waals surface area (Å²) < 4.78 is 64.8. The maximum absolute atomic E-state index is 15.1. The predicted molar refractivity (Wildman–Crippen MR) is 121 cm³/mol. The number of carbonyl (C=O) groups is 1. The van der Waals surface area contributed by atoms with Gasteiger partial charge in [-0.15, -0.1) is 0 Å². The first-order chi connectivity index (χ1) is 16.2. The van der Waals surface area contributed by atoms with Gasteiger partial charge in [-0.25, -0.2) is 9.37 Å². The summed E-state index contributed by atoms with van der Waals surface area (Å²) in [5.41, 5.74) is 4.30. The topological polar surface area (TPSA) is 131 Å². The van der Waals surface area contributed by atoms with Gasteiger partial charge in [0.2, 0.25) is 0 Å². The fourth-order valence-electron chi connectivity index (χ4n) is 2.87. The van der Waals surface area contributed by atoms with Crippen molar-refractivity contribution in [3.63, 3.8) is 0 Å². The first kappa shape index (κ1) is 27.9. The third kappa shape index (κ3) is 6.61. The van der Waals surface area contributed by atoms with Crippen LogP contribution >= 0.6 is 11.6 Å². The second-order valence-electron chi connectivity index (χ2n) is 7.42. The molecule has 0 aliphatic heterocycles. The molecule has 2 aromatic rings. The molecule has 1 unspecified atom stereocenters. The van der Waals surface area contributed by atoms with Gasteiger partial charge in [0.1, 0.15) is 28.2 Å². The minimum Gasteiger partial charge on any atom is -0.495 e. The first-order valence-electron chi connectivity index (χ1n) is 9.99. The predicted octanol–water partition coefficient (Wildman–Crippen LogP) is 4.42. The van der Waals surface area contributed by atoms with Gasteiger partial charge in [-0.2, -0.15) is 13.2 Å². The SMILES string of the molecule is COc1ccc(-c2cc(O[C@@H](C)C(F)(F)F)c(C(=O)N/C(C(=N)Cl)=C(/C)N)cc2F)nc1C(C)O. The van der Waals surface area contributed by atoms with E-state index in [1.807, 2.05) is 0 Å². The third-order valence-electron chi connectivity index (χ3n) is 4.71. The molecule has 0 fully saturated rings. The molecular formula is C22H23ClF4N4O4. The molecule has 0 bridgehead atoms. The minimum absolute atomic E-state index is 0.0587. The number of nitrogens with one attached hydrogen (secondary N) is 2. The number of hydrogen-bond acceptors (Lipinski definition) is 7. The van der Waals surface area contributed by atoms with Crippen LogP contribution in [0.15, 0.2) is 35.7 Å². The lowest BCUT2D eigenvalue weighted by Gasteiger charge is -2.21. The number of rotatable bonds is 8. The molecule has 8 nitrogen and oxygen atoms in total. The maximum atomic E-state index is 15.1. The summed E-state index contributed by atoms with van der Waals surface area (Å²) in [4.78, 5) is 16.9. The lowest BCUT2D eigenvalue weighted by molar-refractivity contribution is -0.189. The number of halogens is 5. The van der Waals surface area contributed by atoms with Crippen LogP contribution in [-0.2, 0) is 0 Å². The van der Waals surface area contributed by atoms with Gasteiger partial charge in [0.15, 0.2) is 6.10 Å². The summed E-state index contributed by atoms with van der Waals surface area (Å²) in [7, 11) is 1.34. The Morgan fingerprint density at radius 2 is 1.89 bits per heavy atom. The van der Waals surface area contributed by atoms with Crippen molar-refractivity contribution in [3.05, 3.63) is 52.7 Å². The molecule has 1 aromatic heterocycles. The van der Waals surface area contributed by atoms with E-state index in [4.69, 9.17) is 32.2 Å². The number of allylic oxidation sites excluding steroid dienone is 2. The van der Waals surface area contributed by atoms with Crippen molar-refractivity contribution in [2.75, 3.05) is 7.11 Å². The number of hydrogen-bond donors (Lipinski definition) is 4. The van der Waals surface area contributed by atoms with Crippen LogP contribution in [0, 0.1) is 11.2 Å². The smallest absolute Gasteiger partial charge is 0.425 e. The number of pyridine rings is 1. The van der Waals surface area contributed by atoms with E-state index in [1.54, 1.807) is 0 Å². The van der Waals surface area contributed by atoms with Crippen LogP contribution in [0.1, 0.15) is 42.9 Å². The Hall–Kier alpha value is -3.38. The zero-order valence-electron chi connectivity index (χ0n) is 19.1. The molecule has 1 aromatic carbocycles. The van der Waals surface area contributed by atoms with Crippen LogP contribution < -0.4 is 20.5 Å². The lowest BCUT2D eigenvalue weighted by Crippen LogP contribution is -2.33. The van der Waals surface area contributed by atoms with Gasteiger partial charge in [0, 0.05) is 11.3 Å². The number of aromatic nitrogens is 1. The van der Waals surface area contributed by atoms with Crippen molar-refractivity contribution < 1.29 is 36.9 Å². The quantitative estimate of drug-likeness (QED) is 0.302. The second-order valence-corrected chi connectivity index (χ2v) is 7.79. The van der Waals surface area contributed by atoms with Gasteiger partial charge in [-0.05, 0) is 45.0 Å². The third-order valence-corrected chi connectivity index (χ3v) is 4.90. The zero-order chi connectivity index (χ0) is 26.7. The van der Waals surface area contributed by atoms with Gasteiger partial charge in [-0.3, -0.25) is 10.2 Å². The second kappa shape index (κ2) is 10.9. The molecule has 35 heavy (non-hydrogen) atoms. The van der Waals surface area contributed by atoms with E-state index in [0.717, 1.165) is 6.07 Å². The molecule has 190 valence electrons. The zero-order valence-corrected chi connectivity index (χ0v) is 19.8. The number of nitrogens with two attached hydrogens (primary N) is 1. The highest BCUT2D eigenvalue weighted by Gasteiger charge is 2.39. The standard InChI is InChI=1S/C22H23ClF4N4O4/c1-9(28)18(20(23)29)31-21(33)13-7-14(24)12(8-17(13)35-11(3)22(25,26)27)15-5-6-16(34-4)19(30-15)10(2)32/h5-8,10-11,29,32H,28H2,1-4H3,(H,31,33)/b18-9-,29-20?/t10?,11-/m0/s1. The van der Waals surface area contributed by atoms with Crippen LogP contribution in [0.2, 0.25) is 0 Å². The fraction of sp³-hybridized carbons (Fsp3) is 0.318. The van der Waals surface area contributed by atoms with Crippen molar-refractivity contribution in [1.29, 1.82) is 5.41 Å². The lowest BCUT2D eigenvalue weighted by atomic mass is 10.0. The minimum atomic E-state index is -4.79. The summed E-state index contributed by atoms with van der Waals surface area (Å²) in [5, 5.41) is 19.0. The molecule has 13 heteroatoms. The highest BCUT2D eigenvalue weighted by atomic mass is 35.5. The molecule has 1 amide bonds. The van der Waals surface area contributed by atoms with Crippen molar-refractivity contribution >= 4 is 22.7 Å². The van der Waals surface area contributed by atoms with Crippen molar-refractivity contribution in [2.24, 2.45) is 5.73 Å². The number of ether oxygens (including phenoxy) is 2. The molecule has 5 N–H and O–H groups in total. The van der Waals surface area contributed by atoms with Gasteiger partial charge in [0.25, 0.3) is 5.91 Å². The summed E-state index contributed by atoms with van der Waals surface area (Å²) in [6, 6.07) is 4.28. The number of carbonyl (C=O) groups excluding carboxylic acids is 1. The van der Waals surface area contributed by atoms with Gasteiger partial charge < -0.3 is 25.6 Å². The normalized spacial score (nSPS) is 14.0. The summed E-state index contributed by atoms with van der Waals surface area (Å²) in [5.74, 6) is -2.54. The number of nitrogens with zero attached hydrogens (tertiary/aromatic N) is 1. The molecule has 0 saturated carbocycles. The molecular weight excluding hydrogens is 496 g/mol. The van der Waals surface area contributed by atoms with Crippen LogP contribution in [-0.4, -0.2) is 40.6 Å². The van der Waals surface area contributed by atoms with Crippen LogP contribution in [0.4, 0.5) is 17.6 Å². The highest BCUT2D eigenvalue weighted by Crippen LogP contribution is 2.35. The Bertz CT molecular complexity index is 1160. The van der Waals surface area contributed by atoms with E-state index < -0.39 is 46.6 Å². The molecule has 0 aliphatic carbocycles. The number of amides is 1. The number of aliphatic hydroxyl groups excluding tert-OH is 1. The number of alkyl halides is 3. The number of methoxy groups -OCH3 is 1. The van der Waals surface area contributed by atoms with Crippen molar-refractivity contribution in [3.8, 4) is 22.8 Å². The summed E-state index contributed by atoms with van der Waals surface area (Å²) in [6.45, 7) is 3.44. The van der Waals surface area contributed by atoms with Gasteiger partial charge >= 0.3 is 6.18 Å². The molecule has 0 radical (unpaired) electrons. The van der Waals surface area contributed by atoms with Gasteiger partial charge in [-0.1, -0.05) is 11.6 Å². The maximum Gasteiger partial charge on any atom is 0.425 e. The summed E-state index contributed by atoms with van der Waals surface area (Å²) in [6.07, 6.45) is -8.26. The van der Waals surface area contributed by atoms with Crippen LogP contribution in [0.5, 0.6) is 11.5 Å². The van der Waals surface area contributed by atoms with E-state index in [9.17, 15) is 23.1 Å². The Morgan fingerprint density at radius 3 is 2.37 bits per heavy atom. The van der Waals surface area contributed by atoms with E-state index in [1.165, 1.54) is 33.1 Å². The first-order valence-corrected chi connectivity index (χ1v) is 10.4. The monoisotopic (exact) mass is 518 g/mol. The fourth-order valence-corrected chi connectivity index (χ4v) is 3.07. The average Bonchev–Trinajstić information content (AvgIpc) is 2.76. The van der Waals surface area contributed by atoms with E-state index in [2.05, 4.69) is 10.3 Å². The Balaban J connectivity index is 2.68. The van der Waals surface area contributed by atoms with Crippen molar-refractivity contribution in [2.45, 2.75) is 39.2 Å². The number of benzene rings is 1. The van der Waals surface area contributed by atoms with Crippen LogP contribution in [0.25, 0.3) is 11.3 Å². The van der Waals surface area contributed by atoms with E-state index >= 15 is 4.39 Å². The van der Waals surface area contributed by atoms with Crippen LogP contribution in [0.3, 0.4) is 0 Å². The Labute approximate surface area is 203 Å². The number of aliphatic hydroxyl groups is 1. The summed E-state index contributed by atoms with van der Waals surface area (Å²) >= 11 is 5.59. The Morgan fingerprint density at radius 1 is 1.26 bits per heavy atom. The van der Waals surface area contributed by atoms with E-state index in [-0.39, 0.29) is 34.1 Å². The highest BCUT2D eigenvalue weighted by molar-refractivity contribution is 6.68. The van der Waals surface area contributed by atoms with E-state index in [0.29, 0.717) is 13.0 Å². The molecule has 0 saturated heterocycles. The molecule has 0 aliphatic rings.